The molecule has 0 saturated heterocycles. The molecule has 0 bridgehead atoms. The normalized spacial score (nSPS) is 33.7. The molecule has 0 aliphatic heterocycles. The third-order valence-corrected chi connectivity index (χ3v) is 7.01. The first kappa shape index (κ1) is 19.4. The number of carbonyl (C=O) groups is 1. The summed E-state index contributed by atoms with van der Waals surface area (Å²) < 4.78 is 35.2. The van der Waals surface area contributed by atoms with Crippen LogP contribution in [0.25, 0.3) is 0 Å². The summed E-state index contributed by atoms with van der Waals surface area (Å²) >= 11 is 0. The molecule has 25 heavy (non-hydrogen) atoms. The average Bonchev–Trinajstić information content (AvgIpc) is 2.81. The van der Waals surface area contributed by atoms with Crippen LogP contribution in [0, 0.1) is 17.3 Å². The van der Waals surface area contributed by atoms with Crippen LogP contribution in [-0.2, 0) is 21.6 Å². The van der Waals surface area contributed by atoms with Crippen LogP contribution in [0.4, 0.5) is 0 Å². The largest absolute Gasteiger partial charge is 0.446 e. The van der Waals surface area contributed by atoms with E-state index >= 15 is 0 Å². The Kier molecular flexibility index (Phi) is 5.14. The van der Waals surface area contributed by atoms with Crippen LogP contribution in [0.3, 0.4) is 0 Å². The Morgan fingerprint density at radius 1 is 1.20 bits per heavy atom. The number of carbonyl (C=O) groups excluding carboxylic acids is 1. The molecule has 0 spiro atoms. The van der Waals surface area contributed by atoms with Crippen LogP contribution in [0.15, 0.2) is 18.2 Å². The Morgan fingerprint density at radius 3 is 2.68 bits per heavy atom. The molecule has 4 unspecified atom stereocenters. The third kappa shape index (κ3) is 3.32. The molecule has 131 valence electrons. The van der Waals surface area contributed by atoms with Crippen molar-refractivity contribution in [2.75, 3.05) is 0 Å². The van der Waals surface area contributed by atoms with Gasteiger partial charge < -0.3 is 4.18 Å². The zero-order valence-electron chi connectivity index (χ0n) is 14.7. The minimum atomic E-state index is -4.49. The van der Waals surface area contributed by atoms with E-state index in [1.54, 1.807) is 12.1 Å². The molecular formula is C18H22NaO5S. The summed E-state index contributed by atoms with van der Waals surface area (Å²) in [5.41, 5.74) is 2.23. The average molecular weight is 373 g/mol. The number of hydrogen-bond acceptors (Lipinski definition) is 4. The van der Waals surface area contributed by atoms with E-state index in [2.05, 4.69) is 11.1 Å². The molecule has 5 nitrogen and oxygen atoms in total. The molecular weight excluding hydrogens is 351 g/mol. The third-order valence-electron chi connectivity index (χ3n) is 6.61. The van der Waals surface area contributed by atoms with Gasteiger partial charge in [-0.1, -0.05) is 13.0 Å². The van der Waals surface area contributed by atoms with Gasteiger partial charge in [-0.2, -0.15) is 8.42 Å². The van der Waals surface area contributed by atoms with Gasteiger partial charge in [0, 0.05) is 41.4 Å². The van der Waals surface area contributed by atoms with Crippen molar-refractivity contribution in [3.8, 4) is 5.75 Å². The second kappa shape index (κ2) is 6.64. The molecule has 4 rings (SSSR count). The molecule has 0 aromatic heterocycles. The van der Waals surface area contributed by atoms with Crippen molar-refractivity contribution in [1.82, 2.24) is 0 Å². The fourth-order valence-corrected chi connectivity index (χ4v) is 5.85. The zero-order valence-corrected chi connectivity index (χ0v) is 17.5. The van der Waals surface area contributed by atoms with Gasteiger partial charge in [-0.25, -0.2) is 0 Å². The van der Waals surface area contributed by atoms with Gasteiger partial charge in [-0.15, -0.1) is 0 Å². The smallest absolute Gasteiger partial charge is 0.362 e. The Labute approximate surface area is 170 Å². The van der Waals surface area contributed by atoms with Gasteiger partial charge in [0.1, 0.15) is 11.5 Å². The second-order valence-electron chi connectivity index (χ2n) is 7.71. The van der Waals surface area contributed by atoms with Gasteiger partial charge in [0.2, 0.25) is 0 Å². The predicted molar refractivity (Wildman–Crippen MR) is 94.0 cm³/mol. The Morgan fingerprint density at radius 2 is 1.96 bits per heavy atom. The maximum absolute atomic E-state index is 12.3. The Bertz CT molecular complexity index is 806. The summed E-state index contributed by atoms with van der Waals surface area (Å²) in [6, 6.07) is 5.28. The van der Waals surface area contributed by atoms with E-state index < -0.39 is 10.4 Å². The van der Waals surface area contributed by atoms with E-state index in [1.165, 1.54) is 5.56 Å². The molecule has 1 N–H and O–H groups in total. The van der Waals surface area contributed by atoms with Gasteiger partial charge in [0.15, 0.2) is 0 Å². The van der Waals surface area contributed by atoms with Gasteiger partial charge in [0.05, 0.1) is 0 Å². The maximum Gasteiger partial charge on any atom is 0.446 e. The van der Waals surface area contributed by atoms with Crippen LogP contribution >= 0.6 is 0 Å². The minimum Gasteiger partial charge on any atom is -0.362 e. The topological polar surface area (TPSA) is 80.7 Å². The summed E-state index contributed by atoms with van der Waals surface area (Å²) in [5, 5.41) is 0. The summed E-state index contributed by atoms with van der Waals surface area (Å²) in [6.45, 7) is 2.15. The van der Waals surface area contributed by atoms with Gasteiger partial charge in [-0.05, 0) is 73.1 Å². The number of hydrogen-bond donors (Lipinski definition) is 1. The van der Waals surface area contributed by atoms with Gasteiger partial charge in [-0.3, -0.25) is 9.35 Å². The molecule has 3 aliphatic carbocycles. The number of Topliss-reactive ketones (excluding diaryl/α,β-unsaturated/α-hetero) is 1. The monoisotopic (exact) mass is 373 g/mol. The van der Waals surface area contributed by atoms with Crippen LogP contribution in [0.1, 0.15) is 56.1 Å². The first-order valence-electron chi connectivity index (χ1n) is 8.61. The van der Waals surface area contributed by atoms with Crippen molar-refractivity contribution in [3.63, 3.8) is 0 Å². The first-order chi connectivity index (χ1) is 11.3. The maximum atomic E-state index is 12.3. The fourth-order valence-electron chi connectivity index (χ4n) is 5.50. The van der Waals surface area contributed by atoms with E-state index in [9.17, 15) is 13.2 Å². The van der Waals surface area contributed by atoms with Crippen molar-refractivity contribution in [2.45, 2.75) is 51.4 Å². The first-order valence-corrected chi connectivity index (χ1v) is 9.97. The molecule has 2 saturated carbocycles. The SMILES string of the molecule is CC12CCC3c4ccc(OS(=O)(=O)O)cc4CCC3C1CCC2=O.[Na]. The van der Waals surface area contributed by atoms with E-state index in [1.807, 2.05) is 6.07 Å². The standard InChI is InChI=1S/C18H22O5S.Na/c1-18-9-8-14-13-5-3-12(23-24(20,21)22)10-11(13)2-4-15(14)16(18)6-7-17(18)19;/h3,5,10,14-16H,2,4,6-9H2,1H3,(H,20,21,22);. The molecule has 3 aliphatic rings. The van der Waals surface area contributed by atoms with Crippen molar-refractivity contribution in [2.24, 2.45) is 17.3 Å². The van der Waals surface area contributed by atoms with Crippen LogP contribution in [0.5, 0.6) is 5.75 Å². The fraction of sp³-hybridized carbons (Fsp3) is 0.611. The van der Waals surface area contributed by atoms with Crippen molar-refractivity contribution >= 4 is 45.7 Å². The van der Waals surface area contributed by atoms with E-state index in [4.69, 9.17) is 4.55 Å². The molecule has 7 heteroatoms. The summed E-state index contributed by atoms with van der Waals surface area (Å²) in [6.07, 6.45) is 5.57. The van der Waals surface area contributed by atoms with Crippen LogP contribution in [-0.4, -0.2) is 48.3 Å². The molecule has 2 fully saturated rings. The van der Waals surface area contributed by atoms with E-state index in [0.29, 0.717) is 23.5 Å². The molecule has 0 amide bonds. The second-order valence-corrected chi connectivity index (χ2v) is 8.73. The van der Waals surface area contributed by atoms with Crippen LogP contribution < -0.4 is 4.18 Å². The van der Waals surface area contributed by atoms with Crippen molar-refractivity contribution in [1.29, 1.82) is 0 Å². The van der Waals surface area contributed by atoms with Crippen molar-refractivity contribution in [3.05, 3.63) is 29.3 Å². The van der Waals surface area contributed by atoms with Crippen LogP contribution in [0.2, 0.25) is 0 Å². The van der Waals surface area contributed by atoms with Crippen molar-refractivity contribution < 1.29 is 21.9 Å². The molecule has 1 radical (unpaired) electrons. The van der Waals surface area contributed by atoms with E-state index in [0.717, 1.165) is 44.1 Å². The summed E-state index contributed by atoms with van der Waals surface area (Å²) in [4.78, 5) is 12.3. The van der Waals surface area contributed by atoms with E-state index in [-0.39, 0.29) is 40.7 Å². The zero-order chi connectivity index (χ0) is 17.1. The summed E-state index contributed by atoms with van der Waals surface area (Å²) in [7, 11) is -4.49. The number of fused-ring (bicyclic) bond motifs is 5. The number of rotatable bonds is 2. The van der Waals surface area contributed by atoms with Gasteiger partial charge in [0.25, 0.3) is 0 Å². The summed E-state index contributed by atoms with van der Waals surface area (Å²) in [5.74, 6) is 2.05. The molecule has 4 atom stereocenters. The Hall–Kier alpha value is -0.400. The van der Waals surface area contributed by atoms with Gasteiger partial charge >= 0.3 is 10.4 Å². The number of aryl methyl sites for hydroxylation is 1. The molecule has 1 aromatic carbocycles. The minimum absolute atomic E-state index is 0. The number of ketones is 1. The molecule has 0 heterocycles. The quantitative estimate of drug-likeness (QED) is 0.637. The predicted octanol–water partition coefficient (Wildman–Crippen LogP) is 2.91. The number of benzene rings is 1. The molecule has 1 aromatic rings. The Balaban J connectivity index is 0.00000182.